The molecule has 0 aromatic carbocycles. The quantitative estimate of drug-likeness (QED) is 0.0262. The molecule has 1 atom stereocenters. The van der Waals surface area contributed by atoms with Gasteiger partial charge >= 0.3 is 17.9 Å². The maximum Gasteiger partial charge on any atom is 0.306 e. The summed E-state index contributed by atoms with van der Waals surface area (Å²) < 4.78 is 16.8. The summed E-state index contributed by atoms with van der Waals surface area (Å²) in [6.45, 7) is 6.48. The van der Waals surface area contributed by atoms with Crippen LogP contribution in [0.25, 0.3) is 0 Å². The van der Waals surface area contributed by atoms with Crippen molar-refractivity contribution in [3.63, 3.8) is 0 Å². The van der Waals surface area contributed by atoms with Gasteiger partial charge in [0.25, 0.3) is 0 Å². The van der Waals surface area contributed by atoms with E-state index in [1.807, 2.05) is 0 Å². The monoisotopic (exact) mass is 961 g/mol. The highest BCUT2D eigenvalue weighted by Gasteiger charge is 2.19. The number of carbonyl (C=O) groups is 3. The summed E-state index contributed by atoms with van der Waals surface area (Å²) in [5.74, 6) is -0.957. The van der Waals surface area contributed by atoms with Gasteiger partial charge in [-0.05, 0) is 109 Å². The second-order valence-corrected chi connectivity index (χ2v) is 19.2. The Morgan fingerprint density at radius 2 is 0.580 bits per heavy atom. The standard InChI is InChI=1S/C63H108O6/c1-4-7-10-13-16-19-22-25-28-30-31-33-35-38-41-44-47-50-53-56-62(65)68-59-60(58-67-61(64)55-52-49-46-43-40-37-34-27-24-21-18-15-12-9-6-3)69-63(66)57-54-51-48-45-42-39-36-32-29-26-23-20-17-14-11-8-5-2/h7,10,16,19,21,24-26,28-29,36,39,45,48,60H,4-6,8-9,11-15,17-18,20,22-23,27,30-35,37-38,40-44,46-47,49-59H2,1-3H3/b10-7-,19-16-,24-21-,28-25-,29-26-,39-36-,48-45-. The topological polar surface area (TPSA) is 78.9 Å². The van der Waals surface area contributed by atoms with E-state index in [2.05, 4.69) is 106 Å². The molecule has 0 fully saturated rings. The van der Waals surface area contributed by atoms with Crippen LogP contribution < -0.4 is 0 Å². The summed E-state index contributed by atoms with van der Waals surface area (Å²) in [5.41, 5.74) is 0. The van der Waals surface area contributed by atoms with E-state index in [1.165, 1.54) is 154 Å². The van der Waals surface area contributed by atoms with E-state index < -0.39 is 6.10 Å². The van der Waals surface area contributed by atoms with Crippen LogP contribution in [-0.2, 0) is 28.6 Å². The van der Waals surface area contributed by atoms with Crippen molar-refractivity contribution in [1.29, 1.82) is 0 Å². The van der Waals surface area contributed by atoms with Crippen molar-refractivity contribution in [2.45, 2.75) is 284 Å². The lowest BCUT2D eigenvalue weighted by molar-refractivity contribution is -0.167. The van der Waals surface area contributed by atoms with E-state index in [1.54, 1.807) is 0 Å². The van der Waals surface area contributed by atoms with E-state index in [4.69, 9.17) is 14.2 Å². The lowest BCUT2D eigenvalue weighted by Crippen LogP contribution is -2.30. The predicted octanol–water partition coefficient (Wildman–Crippen LogP) is 19.5. The Balaban J connectivity index is 4.45. The molecule has 0 aliphatic carbocycles. The molecule has 0 heterocycles. The van der Waals surface area contributed by atoms with Gasteiger partial charge in [-0.1, -0.05) is 234 Å². The third kappa shape index (κ3) is 55.4. The third-order valence-electron chi connectivity index (χ3n) is 12.4. The Hall–Kier alpha value is -3.41. The Kier molecular flexibility index (Phi) is 54.3. The Bertz CT molecular complexity index is 1330. The molecule has 396 valence electrons. The first kappa shape index (κ1) is 65.6. The van der Waals surface area contributed by atoms with Gasteiger partial charge in [-0.2, -0.15) is 0 Å². The van der Waals surface area contributed by atoms with Gasteiger partial charge < -0.3 is 14.2 Å². The number of rotatable bonds is 52. The fraction of sp³-hybridized carbons (Fsp3) is 0.730. The molecule has 0 aliphatic heterocycles. The third-order valence-corrected chi connectivity index (χ3v) is 12.4. The van der Waals surface area contributed by atoms with Gasteiger partial charge in [0.1, 0.15) is 13.2 Å². The molecular weight excluding hydrogens is 853 g/mol. The maximum atomic E-state index is 12.8. The average Bonchev–Trinajstić information content (AvgIpc) is 3.35. The van der Waals surface area contributed by atoms with Crippen LogP contribution in [0.1, 0.15) is 278 Å². The van der Waals surface area contributed by atoms with Gasteiger partial charge in [0.05, 0.1) is 0 Å². The molecule has 0 saturated carbocycles. The summed E-state index contributed by atoms with van der Waals surface area (Å²) in [5, 5.41) is 0. The van der Waals surface area contributed by atoms with E-state index in [-0.39, 0.29) is 37.5 Å². The molecule has 0 radical (unpaired) electrons. The molecule has 69 heavy (non-hydrogen) atoms. The first-order valence-electron chi connectivity index (χ1n) is 29.1. The van der Waals surface area contributed by atoms with Gasteiger partial charge in [-0.25, -0.2) is 0 Å². The van der Waals surface area contributed by atoms with Crippen LogP contribution in [0.2, 0.25) is 0 Å². The summed E-state index contributed by atoms with van der Waals surface area (Å²) in [6.07, 6.45) is 74.3. The molecule has 1 unspecified atom stereocenters. The number of ether oxygens (including phenoxy) is 3. The number of allylic oxidation sites excluding steroid dienone is 14. The number of hydrogen-bond acceptors (Lipinski definition) is 6. The first-order valence-corrected chi connectivity index (χ1v) is 29.1. The van der Waals surface area contributed by atoms with Gasteiger partial charge in [-0.3, -0.25) is 14.4 Å². The van der Waals surface area contributed by atoms with Crippen LogP contribution in [0.15, 0.2) is 85.1 Å². The SMILES string of the molecule is CC/C=C\C/C=C\C/C=C\CCCCCCCCCCCC(=O)OCC(COC(=O)CCCCCCCCC/C=C\CCCCCC)OC(=O)CCC/C=C\C/C=C\C/C=C\CCCCCCCC. The van der Waals surface area contributed by atoms with E-state index in [0.29, 0.717) is 19.3 Å². The molecule has 0 saturated heterocycles. The van der Waals surface area contributed by atoms with Crippen LogP contribution in [0.4, 0.5) is 0 Å². The summed E-state index contributed by atoms with van der Waals surface area (Å²) in [6, 6.07) is 0. The second kappa shape index (κ2) is 57.2. The van der Waals surface area contributed by atoms with Gasteiger partial charge in [0.15, 0.2) is 6.10 Å². The number of esters is 3. The smallest absolute Gasteiger partial charge is 0.306 e. The van der Waals surface area contributed by atoms with Crippen molar-refractivity contribution in [3.8, 4) is 0 Å². The van der Waals surface area contributed by atoms with Crippen molar-refractivity contribution < 1.29 is 28.6 Å². The van der Waals surface area contributed by atoms with E-state index in [0.717, 1.165) is 77.0 Å². The number of hydrogen-bond donors (Lipinski definition) is 0. The highest BCUT2D eigenvalue weighted by atomic mass is 16.6. The van der Waals surface area contributed by atoms with Crippen LogP contribution in [0.5, 0.6) is 0 Å². The summed E-state index contributed by atoms with van der Waals surface area (Å²) >= 11 is 0. The lowest BCUT2D eigenvalue weighted by atomic mass is 10.1. The fourth-order valence-corrected chi connectivity index (χ4v) is 8.00. The molecule has 0 spiro atoms. The minimum Gasteiger partial charge on any atom is -0.462 e. The molecular formula is C63H108O6. The Labute approximate surface area is 426 Å². The highest BCUT2D eigenvalue weighted by molar-refractivity contribution is 5.71. The van der Waals surface area contributed by atoms with Crippen molar-refractivity contribution in [1.82, 2.24) is 0 Å². The second-order valence-electron chi connectivity index (χ2n) is 19.2. The highest BCUT2D eigenvalue weighted by Crippen LogP contribution is 2.15. The van der Waals surface area contributed by atoms with Crippen molar-refractivity contribution in [2.75, 3.05) is 13.2 Å². The lowest BCUT2D eigenvalue weighted by Gasteiger charge is -2.18. The van der Waals surface area contributed by atoms with Gasteiger partial charge in [-0.15, -0.1) is 0 Å². The first-order chi connectivity index (χ1) is 34.0. The van der Waals surface area contributed by atoms with Crippen LogP contribution in [0, 0.1) is 0 Å². The zero-order valence-electron chi connectivity index (χ0n) is 45.3. The molecule has 0 aliphatic rings. The molecule has 6 nitrogen and oxygen atoms in total. The summed E-state index contributed by atoms with van der Waals surface area (Å²) in [7, 11) is 0. The van der Waals surface area contributed by atoms with E-state index in [9.17, 15) is 14.4 Å². The zero-order chi connectivity index (χ0) is 50.0. The number of carbonyl (C=O) groups excluding carboxylic acids is 3. The van der Waals surface area contributed by atoms with Crippen LogP contribution >= 0.6 is 0 Å². The van der Waals surface area contributed by atoms with Gasteiger partial charge in [0, 0.05) is 19.3 Å². The molecule has 0 aromatic rings. The Morgan fingerprint density at radius 1 is 0.304 bits per heavy atom. The average molecular weight is 962 g/mol. The maximum absolute atomic E-state index is 12.8. The zero-order valence-corrected chi connectivity index (χ0v) is 45.3. The minimum atomic E-state index is -0.807. The normalized spacial score (nSPS) is 12.7. The Morgan fingerprint density at radius 3 is 0.957 bits per heavy atom. The minimum absolute atomic E-state index is 0.1000. The molecule has 6 heteroatoms. The fourth-order valence-electron chi connectivity index (χ4n) is 8.00. The van der Waals surface area contributed by atoms with E-state index >= 15 is 0 Å². The molecule has 0 rings (SSSR count). The van der Waals surface area contributed by atoms with Crippen molar-refractivity contribution in [3.05, 3.63) is 85.1 Å². The summed E-state index contributed by atoms with van der Waals surface area (Å²) in [4.78, 5) is 38.2. The molecule has 0 N–H and O–H groups in total. The molecule has 0 bridgehead atoms. The number of unbranched alkanes of at least 4 members (excludes halogenated alkanes) is 27. The van der Waals surface area contributed by atoms with Crippen molar-refractivity contribution in [2.24, 2.45) is 0 Å². The molecule has 0 aromatic heterocycles. The van der Waals surface area contributed by atoms with Crippen LogP contribution in [0.3, 0.4) is 0 Å². The van der Waals surface area contributed by atoms with Crippen molar-refractivity contribution >= 4 is 17.9 Å². The van der Waals surface area contributed by atoms with Gasteiger partial charge in [0.2, 0.25) is 0 Å². The largest absolute Gasteiger partial charge is 0.462 e. The molecule has 0 amide bonds. The predicted molar refractivity (Wildman–Crippen MR) is 297 cm³/mol. The van der Waals surface area contributed by atoms with Crippen LogP contribution in [-0.4, -0.2) is 37.2 Å².